The van der Waals surface area contributed by atoms with Gasteiger partial charge < -0.3 is 4.98 Å². The summed E-state index contributed by atoms with van der Waals surface area (Å²) in [5.74, 6) is 0. The maximum Gasteiger partial charge on any atom is 0.503 e. The van der Waals surface area contributed by atoms with Crippen molar-refractivity contribution in [2.45, 2.75) is 20.9 Å². The number of hydrogen-bond acceptors (Lipinski definition) is 4. The minimum atomic E-state index is -5.95. The molecule has 0 saturated heterocycles. The van der Waals surface area contributed by atoms with Gasteiger partial charge in [0.05, 0.1) is 4.90 Å². The topological polar surface area (TPSA) is 84.1 Å². The number of rotatable bonds is 2. The largest absolute Gasteiger partial charge is 0.503 e. The van der Waals surface area contributed by atoms with Gasteiger partial charge in [-0.1, -0.05) is 0 Å². The summed E-state index contributed by atoms with van der Waals surface area (Å²) in [6.45, 7) is 0. The minimum Gasteiger partial charge on any atom is -0.351 e. The number of aromatic amines is 1. The second kappa shape index (κ2) is 4.13. The first-order valence-electron chi connectivity index (χ1n) is 4.02. The van der Waals surface area contributed by atoms with E-state index in [1.54, 1.807) is 0 Å². The minimum absolute atomic E-state index is 0.0153. The molecule has 1 heterocycles. The zero-order valence-corrected chi connectivity index (χ0v) is 10.0. The second-order valence-electron chi connectivity index (χ2n) is 3.10. The van der Waals surface area contributed by atoms with E-state index in [9.17, 15) is 43.2 Å². The van der Waals surface area contributed by atoms with E-state index >= 15 is 0 Å². The van der Waals surface area contributed by atoms with Crippen LogP contribution >= 0.6 is 0 Å². The van der Waals surface area contributed by atoms with Crippen molar-refractivity contribution in [2.75, 3.05) is 0 Å². The molecule has 5 nitrogen and oxygen atoms in total. The van der Waals surface area contributed by atoms with E-state index < -0.39 is 40.6 Å². The molecule has 0 spiro atoms. The summed E-state index contributed by atoms with van der Waals surface area (Å²) >= 11 is 0. The SMILES string of the molecule is O=S(=O)(c1c[nH]c(S(=O)(=O)C(F)(F)F)c1)C(F)(F)F. The third-order valence-electron chi connectivity index (χ3n) is 1.84. The first-order chi connectivity index (χ1) is 8.21. The molecule has 0 bridgehead atoms. The predicted molar refractivity (Wildman–Crippen MR) is 47.3 cm³/mol. The Kier molecular flexibility index (Phi) is 3.44. The van der Waals surface area contributed by atoms with Crippen molar-refractivity contribution < 1.29 is 43.2 Å². The van der Waals surface area contributed by atoms with E-state index in [4.69, 9.17) is 0 Å². The summed E-state index contributed by atoms with van der Waals surface area (Å²) in [4.78, 5) is -0.279. The Morgan fingerprint density at radius 3 is 1.63 bits per heavy atom. The van der Waals surface area contributed by atoms with Crippen LogP contribution in [0.2, 0.25) is 0 Å². The summed E-state index contributed by atoms with van der Waals surface area (Å²) in [5.41, 5.74) is -11.5. The van der Waals surface area contributed by atoms with Crippen molar-refractivity contribution >= 4 is 19.7 Å². The highest BCUT2D eigenvalue weighted by Gasteiger charge is 2.51. The van der Waals surface area contributed by atoms with E-state index in [1.807, 2.05) is 0 Å². The van der Waals surface area contributed by atoms with Crippen LogP contribution in [0.5, 0.6) is 0 Å². The van der Waals surface area contributed by atoms with E-state index in [0.717, 1.165) is 0 Å². The van der Waals surface area contributed by atoms with Crippen molar-refractivity contribution in [3.05, 3.63) is 12.3 Å². The average molecular weight is 331 g/mol. The zero-order chi connectivity index (χ0) is 15.3. The van der Waals surface area contributed by atoms with Crippen LogP contribution in [0.3, 0.4) is 0 Å². The number of hydrogen-bond donors (Lipinski definition) is 1. The lowest BCUT2D eigenvalue weighted by molar-refractivity contribution is -0.0441. The quantitative estimate of drug-likeness (QED) is 0.835. The lowest BCUT2D eigenvalue weighted by atomic mass is 10.7. The molecule has 19 heavy (non-hydrogen) atoms. The number of H-pyrrole nitrogens is 1. The average Bonchev–Trinajstić information content (AvgIpc) is 2.62. The standard InChI is InChI=1S/C6H3F6NO4S2/c7-5(8,9)18(14,15)3-1-4(13-2-3)19(16,17)6(10,11)12/h1-2,13H. The lowest BCUT2D eigenvalue weighted by Gasteiger charge is -2.06. The Hall–Kier alpha value is -1.24. The monoisotopic (exact) mass is 331 g/mol. The summed E-state index contributed by atoms with van der Waals surface area (Å²) in [6, 6.07) is -0.244. The Morgan fingerprint density at radius 1 is 0.842 bits per heavy atom. The number of sulfone groups is 2. The molecule has 1 aromatic heterocycles. The Labute approximate surface area is 102 Å². The van der Waals surface area contributed by atoms with Gasteiger partial charge in [0.2, 0.25) is 0 Å². The Morgan fingerprint density at radius 2 is 1.26 bits per heavy atom. The molecule has 0 aromatic carbocycles. The molecule has 0 aliphatic carbocycles. The van der Waals surface area contributed by atoms with Crippen LogP contribution in [-0.4, -0.2) is 32.8 Å². The van der Waals surface area contributed by atoms with E-state index in [2.05, 4.69) is 0 Å². The van der Waals surface area contributed by atoms with Gasteiger partial charge >= 0.3 is 11.0 Å². The van der Waals surface area contributed by atoms with Crippen LogP contribution in [0.25, 0.3) is 0 Å². The van der Waals surface area contributed by atoms with E-state index in [0.29, 0.717) is 0 Å². The van der Waals surface area contributed by atoms with Gasteiger partial charge in [-0.25, -0.2) is 16.8 Å². The fraction of sp³-hybridized carbons (Fsp3) is 0.333. The predicted octanol–water partition coefficient (Wildman–Crippen LogP) is 1.60. The third kappa shape index (κ3) is 2.56. The second-order valence-corrected chi connectivity index (χ2v) is 6.95. The number of halogens is 6. The van der Waals surface area contributed by atoms with Crippen molar-refractivity contribution in [3.63, 3.8) is 0 Å². The molecule has 1 N–H and O–H groups in total. The molecule has 0 amide bonds. The maximum absolute atomic E-state index is 12.1. The first kappa shape index (κ1) is 15.8. The fourth-order valence-corrected chi connectivity index (χ4v) is 2.50. The van der Waals surface area contributed by atoms with Crippen LogP contribution < -0.4 is 0 Å². The Bertz CT molecular complexity index is 622. The van der Waals surface area contributed by atoms with Crippen LogP contribution in [-0.2, 0) is 19.7 Å². The summed E-state index contributed by atoms with van der Waals surface area (Å²) in [7, 11) is -11.9. The van der Waals surface area contributed by atoms with Gasteiger partial charge in [-0.15, -0.1) is 0 Å². The molecule has 0 aliphatic rings. The van der Waals surface area contributed by atoms with Gasteiger partial charge in [0.25, 0.3) is 19.7 Å². The number of aromatic nitrogens is 1. The summed E-state index contributed by atoms with van der Waals surface area (Å²) in [6.07, 6.45) is 0.0153. The Balaban J connectivity index is 3.39. The molecular formula is C6H3F6NO4S2. The normalized spacial score (nSPS) is 14.6. The fourth-order valence-electron chi connectivity index (χ4n) is 0.923. The highest BCUT2D eigenvalue weighted by Crippen LogP contribution is 2.34. The van der Waals surface area contributed by atoms with Crippen molar-refractivity contribution in [1.29, 1.82) is 0 Å². The van der Waals surface area contributed by atoms with Gasteiger partial charge in [0.1, 0.15) is 5.03 Å². The van der Waals surface area contributed by atoms with Gasteiger partial charge in [0, 0.05) is 6.20 Å². The van der Waals surface area contributed by atoms with Gasteiger partial charge in [-0.2, -0.15) is 26.3 Å². The van der Waals surface area contributed by atoms with Crippen molar-refractivity contribution in [1.82, 2.24) is 4.98 Å². The molecule has 110 valence electrons. The first-order valence-corrected chi connectivity index (χ1v) is 6.99. The smallest absolute Gasteiger partial charge is 0.351 e. The van der Waals surface area contributed by atoms with Crippen molar-refractivity contribution in [3.8, 4) is 0 Å². The molecule has 0 radical (unpaired) electrons. The van der Waals surface area contributed by atoms with Crippen molar-refractivity contribution in [2.24, 2.45) is 0 Å². The summed E-state index contributed by atoms with van der Waals surface area (Å²) in [5, 5.41) is -1.69. The molecule has 1 rings (SSSR count). The molecule has 0 unspecified atom stereocenters. The molecule has 0 fully saturated rings. The van der Waals surface area contributed by atoms with E-state index in [-0.39, 0.29) is 12.3 Å². The van der Waals surface area contributed by atoms with Crippen LogP contribution in [0.15, 0.2) is 22.2 Å². The molecule has 13 heteroatoms. The zero-order valence-electron chi connectivity index (χ0n) is 8.37. The van der Waals surface area contributed by atoms with Crippen LogP contribution in [0.1, 0.15) is 0 Å². The highest BCUT2D eigenvalue weighted by molar-refractivity contribution is 7.93. The lowest BCUT2D eigenvalue weighted by Crippen LogP contribution is -2.24. The highest BCUT2D eigenvalue weighted by atomic mass is 32.2. The third-order valence-corrected chi connectivity index (χ3v) is 4.73. The maximum atomic E-state index is 12.1. The van der Waals surface area contributed by atoms with Gasteiger partial charge in [-0.3, -0.25) is 0 Å². The van der Waals surface area contributed by atoms with Crippen LogP contribution in [0, 0.1) is 0 Å². The molecule has 0 saturated carbocycles. The number of nitrogens with one attached hydrogen (secondary N) is 1. The molecule has 0 aliphatic heterocycles. The van der Waals surface area contributed by atoms with E-state index in [1.165, 1.54) is 4.98 Å². The van der Waals surface area contributed by atoms with Crippen LogP contribution in [0.4, 0.5) is 26.3 Å². The molecular weight excluding hydrogens is 328 g/mol. The summed E-state index contributed by atoms with van der Waals surface area (Å²) < 4.78 is 116. The number of alkyl halides is 6. The van der Waals surface area contributed by atoms with Gasteiger partial charge in [-0.05, 0) is 6.07 Å². The molecule has 1 aromatic rings. The molecule has 0 atom stereocenters. The van der Waals surface area contributed by atoms with Gasteiger partial charge in [0.15, 0.2) is 0 Å².